The number of fused-ring (bicyclic) bond motifs is 1. The molecule has 0 spiro atoms. The SMILES string of the molecule is Brc1ccc(C2=Nc3ccccc3[SH]2)cc1. The fourth-order valence-corrected chi connectivity index (χ4v) is 2.96. The van der Waals surface area contributed by atoms with Gasteiger partial charge in [-0.1, -0.05) is 40.2 Å². The van der Waals surface area contributed by atoms with Gasteiger partial charge in [-0.25, -0.2) is 4.99 Å². The Morgan fingerprint density at radius 3 is 2.44 bits per heavy atom. The van der Waals surface area contributed by atoms with Crippen molar-refractivity contribution in [3.63, 3.8) is 0 Å². The number of para-hydroxylation sites is 1. The van der Waals surface area contributed by atoms with Crippen LogP contribution < -0.4 is 0 Å². The molecule has 0 bridgehead atoms. The normalized spacial score (nSPS) is 13.4. The summed E-state index contributed by atoms with van der Waals surface area (Å²) in [5.74, 6) is 0. The maximum Gasteiger partial charge on any atom is 0.0964 e. The average molecular weight is 291 g/mol. The number of aliphatic imine (C=N–C) groups is 1. The summed E-state index contributed by atoms with van der Waals surface area (Å²) in [5, 5.41) is 1.13. The third-order valence-corrected chi connectivity index (χ3v) is 4.15. The van der Waals surface area contributed by atoms with Gasteiger partial charge < -0.3 is 0 Å². The zero-order valence-corrected chi connectivity index (χ0v) is 10.9. The largest absolute Gasteiger partial charge is 0.241 e. The van der Waals surface area contributed by atoms with Gasteiger partial charge in [-0.15, -0.1) is 11.8 Å². The molecule has 2 aromatic rings. The summed E-state index contributed by atoms with van der Waals surface area (Å²) in [6.45, 7) is 0. The van der Waals surface area contributed by atoms with Gasteiger partial charge >= 0.3 is 0 Å². The number of hydrogen-bond acceptors (Lipinski definition) is 1. The molecule has 1 aliphatic heterocycles. The Balaban J connectivity index is 1.98. The molecule has 1 heterocycles. The second-order valence-corrected chi connectivity index (χ2v) is 5.59. The summed E-state index contributed by atoms with van der Waals surface area (Å²) in [6, 6.07) is 16.6. The van der Waals surface area contributed by atoms with E-state index in [9.17, 15) is 0 Å². The molecule has 0 aromatic heterocycles. The van der Waals surface area contributed by atoms with Gasteiger partial charge in [0.15, 0.2) is 0 Å². The number of thiol groups is 1. The van der Waals surface area contributed by atoms with E-state index in [-0.39, 0.29) is 0 Å². The molecule has 0 atom stereocenters. The first-order valence-corrected chi connectivity index (χ1v) is 6.67. The third-order valence-electron chi connectivity index (χ3n) is 2.44. The standard InChI is InChI=1S/C13H9BrNS/c14-10-7-5-9(6-8-10)13-15-11-3-1-2-4-12(11)16-13/h1-8,16H. The molecule has 3 heteroatoms. The fourth-order valence-electron chi connectivity index (χ4n) is 1.63. The van der Waals surface area contributed by atoms with E-state index in [0.717, 1.165) is 15.2 Å². The highest BCUT2D eigenvalue weighted by atomic mass is 79.9. The first-order valence-electron chi connectivity index (χ1n) is 4.98. The minimum Gasteiger partial charge on any atom is -0.241 e. The molecule has 0 unspecified atom stereocenters. The Hall–Kier alpha value is -1.06. The van der Waals surface area contributed by atoms with Gasteiger partial charge in [-0.2, -0.15) is 0 Å². The van der Waals surface area contributed by atoms with E-state index in [1.54, 1.807) is 0 Å². The Morgan fingerprint density at radius 1 is 0.938 bits per heavy atom. The molecular formula is C13H9BrNS. The van der Waals surface area contributed by atoms with Crippen LogP contribution in [-0.2, 0) is 0 Å². The summed E-state index contributed by atoms with van der Waals surface area (Å²) in [5.41, 5.74) is 2.29. The second-order valence-electron chi connectivity index (χ2n) is 3.54. The molecule has 1 nitrogen and oxygen atoms in total. The minimum absolute atomic E-state index is 1.10. The predicted molar refractivity (Wildman–Crippen MR) is 74.0 cm³/mol. The van der Waals surface area contributed by atoms with E-state index in [1.165, 1.54) is 22.2 Å². The lowest BCUT2D eigenvalue weighted by Gasteiger charge is -2.00. The molecular weight excluding hydrogens is 282 g/mol. The van der Waals surface area contributed by atoms with Crippen LogP contribution in [0.3, 0.4) is 0 Å². The summed E-state index contributed by atoms with van der Waals surface area (Å²) in [4.78, 5) is 5.93. The van der Waals surface area contributed by atoms with Gasteiger partial charge in [-0.05, 0) is 24.3 Å². The number of benzene rings is 2. The first-order chi connectivity index (χ1) is 7.83. The van der Waals surface area contributed by atoms with Crippen molar-refractivity contribution in [1.82, 2.24) is 0 Å². The van der Waals surface area contributed by atoms with E-state index >= 15 is 0 Å². The molecule has 1 aliphatic rings. The molecule has 0 amide bonds. The minimum atomic E-state index is 1.10. The van der Waals surface area contributed by atoms with Gasteiger partial charge in [0.1, 0.15) is 0 Å². The lowest BCUT2D eigenvalue weighted by Crippen LogP contribution is -1.90. The molecule has 79 valence electrons. The molecule has 2 aromatic carbocycles. The van der Waals surface area contributed by atoms with Gasteiger partial charge in [0, 0.05) is 14.9 Å². The van der Waals surface area contributed by atoms with E-state index in [4.69, 9.17) is 0 Å². The summed E-state index contributed by atoms with van der Waals surface area (Å²) in [6.07, 6.45) is 0. The van der Waals surface area contributed by atoms with Crippen LogP contribution in [0, 0.1) is 0 Å². The van der Waals surface area contributed by atoms with E-state index in [0.29, 0.717) is 0 Å². The van der Waals surface area contributed by atoms with Crippen LogP contribution >= 0.6 is 27.7 Å². The number of rotatable bonds is 1. The van der Waals surface area contributed by atoms with Gasteiger partial charge in [0.25, 0.3) is 0 Å². The highest BCUT2D eigenvalue weighted by Gasteiger charge is 2.14. The van der Waals surface area contributed by atoms with Crippen molar-refractivity contribution in [1.29, 1.82) is 0 Å². The monoisotopic (exact) mass is 290 g/mol. The van der Waals surface area contributed by atoms with Crippen LogP contribution in [0.4, 0.5) is 5.69 Å². The molecule has 0 saturated carbocycles. The Bertz CT molecular complexity index is 560. The first kappa shape index (κ1) is 10.1. The van der Waals surface area contributed by atoms with Crippen molar-refractivity contribution < 1.29 is 0 Å². The van der Waals surface area contributed by atoms with Crippen molar-refractivity contribution in [2.75, 3.05) is 0 Å². The Kier molecular flexibility index (Phi) is 2.58. The number of halogens is 1. The molecule has 3 rings (SSSR count). The van der Waals surface area contributed by atoms with Crippen LogP contribution in [0.15, 0.2) is 62.9 Å². The third kappa shape index (κ3) is 1.81. The van der Waals surface area contributed by atoms with E-state index in [1.807, 2.05) is 6.07 Å². The lowest BCUT2D eigenvalue weighted by atomic mass is 10.2. The molecule has 16 heavy (non-hydrogen) atoms. The molecule has 0 fully saturated rings. The zero-order chi connectivity index (χ0) is 11.0. The molecule has 0 aliphatic carbocycles. The number of hydrogen-bond donors (Lipinski definition) is 1. The van der Waals surface area contributed by atoms with Crippen molar-refractivity contribution in [2.45, 2.75) is 4.90 Å². The summed E-state index contributed by atoms with van der Waals surface area (Å²) < 4.78 is 1.10. The summed E-state index contributed by atoms with van der Waals surface area (Å²) >= 11 is 4.64. The highest BCUT2D eigenvalue weighted by Crippen LogP contribution is 2.39. The fraction of sp³-hybridized carbons (Fsp3) is 0. The Labute approximate surface area is 107 Å². The topological polar surface area (TPSA) is 12.4 Å². The maximum atomic E-state index is 4.64. The highest BCUT2D eigenvalue weighted by molar-refractivity contribution is 9.10. The van der Waals surface area contributed by atoms with Gasteiger partial charge in [0.05, 0.1) is 10.7 Å². The van der Waals surface area contributed by atoms with Crippen molar-refractivity contribution in [2.24, 2.45) is 4.99 Å². The van der Waals surface area contributed by atoms with E-state index in [2.05, 4.69) is 63.4 Å². The second kappa shape index (κ2) is 4.07. The lowest BCUT2D eigenvalue weighted by molar-refractivity contribution is 1.41. The van der Waals surface area contributed by atoms with Crippen molar-refractivity contribution >= 4 is 38.4 Å². The van der Waals surface area contributed by atoms with Crippen LogP contribution in [0.5, 0.6) is 0 Å². The quantitative estimate of drug-likeness (QED) is 0.749. The van der Waals surface area contributed by atoms with Crippen molar-refractivity contribution in [3.05, 3.63) is 58.6 Å². The van der Waals surface area contributed by atoms with Gasteiger partial charge in [0.2, 0.25) is 0 Å². The maximum absolute atomic E-state index is 4.64. The van der Waals surface area contributed by atoms with Crippen molar-refractivity contribution in [3.8, 4) is 0 Å². The van der Waals surface area contributed by atoms with Crippen LogP contribution in [0.25, 0.3) is 0 Å². The van der Waals surface area contributed by atoms with Crippen LogP contribution in [-0.4, -0.2) is 5.04 Å². The molecule has 0 N–H and O–H groups in total. The predicted octanol–water partition coefficient (Wildman–Crippen LogP) is 4.37. The van der Waals surface area contributed by atoms with Gasteiger partial charge in [-0.3, -0.25) is 0 Å². The average Bonchev–Trinajstić information content (AvgIpc) is 2.73. The number of nitrogens with zero attached hydrogens (tertiary/aromatic N) is 1. The van der Waals surface area contributed by atoms with E-state index < -0.39 is 0 Å². The summed E-state index contributed by atoms with van der Waals surface area (Å²) in [7, 11) is 0. The van der Waals surface area contributed by atoms with Crippen LogP contribution in [0.1, 0.15) is 5.56 Å². The molecule has 1 radical (unpaired) electrons. The zero-order valence-electron chi connectivity index (χ0n) is 8.39. The van der Waals surface area contributed by atoms with Crippen LogP contribution in [0.2, 0.25) is 0 Å². The Morgan fingerprint density at radius 2 is 1.69 bits per heavy atom. The smallest absolute Gasteiger partial charge is 0.0964 e. The molecule has 0 saturated heterocycles.